The molecule has 0 bridgehead atoms. The number of ether oxygens (including phenoxy) is 1. The highest BCUT2D eigenvalue weighted by molar-refractivity contribution is 7.45. The molecule has 0 aromatic heterocycles. The topological polar surface area (TPSA) is 114 Å². The summed E-state index contributed by atoms with van der Waals surface area (Å²) in [6.07, 6.45) is 71.6. The molecule has 0 aromatic rings. The maximum atomic E-state index is 13.5. The number of hydrogen-bond donors (Lipinski definition) is 1. The SMILES string of the molecule is CC/C=C/C/C=C/C/C=C/CCCCCCC(=O)OC(/C=C\CCCCCCCCCCCCC)C(COP(=O)([O-])OCC[N+](C)(C)C)NC(=O)CCCCCCCCCCCCCCC/C=C\C/C=C\CCCCC. The molecule has 9 nitrogen and oxygen atoms in total. The Morgan fingerprint density at radius 3 is 1.29 bits per heavy atom. The van der Waals surface area contributed by atoms with Gasteiger partial charge in [-0.2, -0.15) is 0 Å². The largest absolute Gasteiger partial charge is 0.756 e. The third-order valence-corrected chi connectivity index (χ3v) is 14.8. The second-order valence-electron chi connectivity index (χ2n) is 22.5. The fourth-order valence-corrected chi connectivity index (χ4v) is 9.70. The Kier molecular flexibility index (Phi) is 53.9. The van der Waals surface area contributed by atoms with Crippen LogP contribution in [0.15, 0.2) is 72.9 Å². The van der Waals surface area contributed by atoms with E-state index in [4.69, 9.17) is 13.8 Å². The number of carbonyl (C=O) groups excluding carboxylic acids is 2. The molecule has 1 N–H and O–H groups in total. The zero-order chi connectivity index (χ0) is 55.7. The van der Waals surface area contributed by atoms with Crippen molar-refractivity contribution in [2.45, 2.75) is 296 Å². The lowest BCUT2D eigenvalue weighted by Gasteiger charge is -2.30. The van der Waals surface area contributed by atoms with Crippen molar-refractivity contribution in [3.63, 3.8) is 0 Å². The van der Waals surface area contributed by atoms with Crippen molar-refractivity contribution in [3.05, 3.63) is 72.9 Å². The van der Waals surface area contributed by atoms with Crippen LogP contribution in [0.1, 0.15) is 284 Å². The highest BCUT2D eigenvalue weighted by atomic mass is 31.2. The molecule has 3 unspecified atom stereocenters. The molecule has 0 heterocycles. The van der Waals surface area contributed by atoms with Gasteiger partial charge in [-0.25, -0.2) is 0 Å². The summed E-state index contributed by atoms with van der Waals surface area (Å²) < 4.78 is 30.3. The van der Waals surface area contributed by atoms with Gasteiger partial charge in [-0.05, 0) is 96.0 Å². The molecule has 0 spiro atoms. The predicted molar refractivity (Wildman–Crippen MR) is 325 cm³/mol. The van der Waals surface area contributed by atoms with E-state index in [-0.39, 0.29) is 24.9 Å². The number of nitrogens with one attached hydrogen (secondary N) is 1. The molecule has 10 heteroatoms. The first-order valence-electron chi connectivity index (χ1n) is 31.7. The average Bonchev–Trinajstić information content (AvgIpc) is 3.38. The molecule has 0 saturated carbocycles. The summed E-state index contributed by atoms with van der Waals surface area (Å²) in [5, 5.41) is 3.03. The van der Waals surface area contributed by atoms with Gasteiger partial charge in [0.15, 0.2) is 0 Å². The summed E-state index contributed by atoms with van der Waals surface area (Å²) in [4.78, 5) is 40.0. The van der Waals surface area contributed by atoms with E-state index in [0.717, 1.165) is 89.9 Å². The maximum absolute atomic E-state index is 13.5. The van der Waals surface area contributed by atoms with Gasteiger partial charge in [0.1, 0.15) is 19.3 Å². The number of allylic oxidation sites excluding steroid dienone is 11. The van der Waals surface area contributed by atoms with Crippen LogP contribution < -0.4 is 10.2 Å². The number of unbranched alkanes of at least 4 members (excludes halogenated alkanes) is 31. The van der Waals surface area contributed by atoms with E-state index in [1.807, 2.05) is 33.3 Å². The zero-order valence-electron chi connectivity index (χ0n) is 50.4. The summed E-state index contributed by atoms with van der Waals surface area (Å²) in [5.74, 6) is -0.564. The Morgan fingerprint density at radius 2 is 0.842 bits per heavy atom. The van der Waals surface area contributed by atoms with Crippen LogP contribution >= 0.6 is 7.82 Å². The normalized spacial score (nSPS) is 14.1. The van der Waals surface area contributed by atoms with Crippen molar-refractivity contribution in [1.82, 2.24) is 5.32 Å². The van der Waals surface area contributed by atoms with Crippen molar-refractivity contribution in [3.8, 4) is 0 Å². The van der Waals surface area contributed by atoms with Gasteiger partial charge in [-0.15, -0.1) is 0 Å². The average molecular weight is 1090 g/mol. The van der Waals surface area contributed by atoms with Crippen LogP contribution in [0.4, 0.5) is 0 Å². The van der Waals surface area contributed by atoms with Gasteiger partial charge in [0.2, 0.25) is 5.91 Å². The molecule has 0 rings (SSSR count). The number of phosphoric acid groups is 1. The molecule has 0 aliphatic heterocycles. The Morgan fingerprint density at radius 1 is 0.474 bits per heavy atom. The number of rotatable bonds is 57. The smallest absolute Gasteiger partial charge is 0.306 e. The van der Waals surface area contributed by atoms with E-state index in [1.165, 1.54) is 154 Å². The Labute approximate surface area is 470 Å². The molecule has 442 valence electrons. The summed E-state index contributed by atoms with van der Waals surface area (Å²) >= 11 is 0. The molecule has 0 aliphatic rings. The second-order valence-corrected chi connectivity index (χ2v) is 23.9. The standard InChI is InChI=1S/C66H121N2O7P/c1-7-10-13-16-19-22-25-28-30-31-32-33-34-35-36-37-38-40-43-46-49-52-55-58-65(69)67-63(62-74-76(71,72)73-61-60-68(4,5)6)64(57-54-51-48-45-42-39-27-24-21-18-15-12-9-3)75-66(70)59-56-53-50-47-44-41-29-26-23-20-17-14-11-8-2/h11,14,19-20,22-23,28-30,41,54,57,63-64H,7-10,12-13,15-18,21,24-27,31-40,42-53,55-56,58-62H2,1-6H3,(H-,67,69,71,72)/b14-11+,22-19-,23-20+,30-28-,41-29+,57-54-. The van der Waals surface area contributed by atoms with Crippen molar-refractivity contribution < 1.29 is 37.3 Å². The van der Waals surface area contributed by atoms with Gasteiger partial charge >= 0.3 is 5.97 Å². The lowest BCUT2D eigenvalue weighted by atomic mass is 10.0. The van der Waals surface area contributed by atoms with Crippen molar-refractivity contribution >= 4 is 19.7 Å². The van der Waals surface area contributed by atoms with Crippen molar-refractivity contribution in [2.75, 3.05) is 40.9 Å². The van der Waals surface area contributed by atoms with Gasteiger partial charge in [-0.3, -0.25) is 14.2 Å². The van der Waals surface area contributed by atoms with E-state index in [0.29, 0.717) is 23.9 Å². The van der Waals surface area contributed by atoms with Crippen molar-refractivity contribution in [2.24, 2.45) is 0 Å². The minimum absolute atomic E-state index is 0.0278. The molecule has 0 saturated heterocycles. The number of likely N-dealkylation sites (N-methyl/N-ethyl adjacent to an activating group) is 1. The van der Waals surface area contributed by atoms with E-state index in [9.17, 15) is 19.0 Å². The van der Waals surface area contributed by atoms with Crippen molar-refractivity contribution in [1.29, 1.82) is 0 Å². The third-order valence-electron chi connectivity index (χ3n) is 13.9. The molecular formula is C66H121N2O7P. The fraction of sp³-hybridized carbons (Fsp3) is 0.788. The number of phosphoric ester groups is 1. The summed E-state index contributed by atoms with van der Waals surface area (Å²) in [6.45, 7) is 6.71. The van der Waals surface area contributed by atoms with Crippen LogP contribution in [0.25, 0.3) is 0 Å². The van der Waals surface area contributed by atoms with Crippen LogP contribution in [0, 0.1) is 0 Å². The Hall–Kier alpha value is -2.55. The zero-order valence-corrected chi connectivity index (χ0v) is 51.3. The van der Waals surface area contributed by atoms with Gasteiger partial charge in [0.05, 0.1) is 33.8 Å². The minimum atomic E-state index is -4.71. The summed E-state index contributed by atoms with van der Waals surface area (Å²) in [7, 11) is 1.17. The van der Waals surface area contributed by atoms with E-state index >= 15 is 0 Å². The monoisotopic (exact) mass is 1080 g/mol. The first-order chi connectivity index (χ1) is 36.9. The van der Waals surface area contributed by atoms with Gasteiger partial charge in [0, 0.05) is 12.8 Å². The first kappa shape index (κ1) is 73.5. The van der Waals surface area contributed by atoms with E-state index in [2.05, 4.69) is 86.8 Å². The van der Waals surface area contributed by atoms with Crippen LogP contribution in [0.3, 0.4) is 0 Å². The Bertz CT molecular complexity index is 1530. The Balaban J connectivity index is 5.20. The maximum Gasteiger partial charge on any atom is 0.306 e. The molecule has 3 atom stereocenters. The minimum Gasteiger partial charge on any atom is -0.756 e. The predicted octanol–water partition coefficient (Wildman–Crippen LogP) is 19.0. The highest BCUT2D eigenvalue weighted by Crippen LogP contribution is 2.38. The molecule has 1 amide bonds. The van der Waals surface area contributed by atoms with E-state index < -0.39 is 26.6 Å². The van der Waals surface area contributed by atoms with E-state index in [1.54, 1.807) is 0 Å². The van der Waals surface area contributed by atoms with Crippen LogP contribution in [-0.2, 0) is 27.9 Å². The van der Waals surface area contributed by atoms with Crippen LogP contribution in [-0.4, -0.2) is 69.4 Å². The first-order valence-corrected chi connectivity index (χ1v) is 33.2. The number of esters is 1. The molecule has 0 fully saturated rings. The quantitative estimate of drug-likeness (QED) is 0.0212. The summed E-state index contributed by atoms with van der Waals surface area (Å²) in [6, 6.07) is -0.900. The lowest BCUT2D eigenvalue weighted by molar-refractivity contribution is -0.870. The number of quaternary nitrogens is 1. The fourth-order valence-electron chi connectivity index (χ4n) is 8.98. The van der Waals surface area contributed by atoms with Gasteiger partial charge < -0.3 is 28.5 Å². The van der Waals surface area contributed by atoms with Gasteiger partial charge in [-0.1, -0.05) is 248 Å². The molecule has 0 radical (unpaired) electrons. The second kappa shape index (κ2) is 55.8. The van der Waals surface area contributed by atoms with Crippen LogP contribution in [0.2, 0.25) is 0 Å². The number of hydrogen-bond acceptors (Lipinski definition) is 7. The lowest BCUT2D eigenvalue weighted by Crippen LogP contribution is -2.47. The number of amides is 1. The van der Waals surface area contributed by atoms with Gasteiger partial charge in [0.25, 0.3) is 7.82 Å². The molecule has 0 aliphatic carbocycles. The molecule has 0 aromatic carbocycles. The molecular weight excluding hydrogens is 964 g/mol. The third kappa shape index (κ3) is 56.2. The molecule has 76 heavy (non-hydrogen) atoms. The van der Waals surface area contributed by atoms with Crippen LogP contribution in [0.5, 0.6) is 0 Å². The number of nitrogens with zero attached hydrogens (tertiary/aromatic N) is 1. The highest BCUT2D eigenvalue weighted by Gasteiger charge is 2.27. The number of carbonyl (C=O) groups is 2. The summed E-state index contributed by atoms with van der Waals surface area (Å²) in [5.41, 5.74) is 0.